The fourth-order valence-corrected chi connectivity index (χ4v) is 1.68. The maximum atomic E-state index is 5.72. The minimum atomic E-state index is 0.576. The monoisotopic (exact) mass is 254 g/mol. The smallest absolute Gasteiger partial charge is 0.119 e. The second-order valence-corrected chi connectivity index (χ2v) is 4.22. The van der Waals surface area contributed by atoms with E-state index in [1.807, 2.05) is 42.5 Å². The van der Waals surface area contributed by atoms with Gasteiger partial charge in [0, 0.05) is 0 Å². The minimum Gasteiger partial charge on any atom is -0.489 e. The zero-order valence-electron chi connectivity index (χ0n) is 10.9. The highest BCUT2D eigenvalue weighted by atomic mass is 16.5. The Bertz CT molecular complexity index is 488. The third kappa shape index (κ3) is 4.60. The molecule has 0 amide bonds. The Hall–Kier alpha value is -2.06. The predicted molar refractivity (Wildman–Crippen MR) is 77.1 cm³/mol. The molecular formula is C17H18O2. The van der Waals surface area contributed by atoms with Crippen molar-refractivity contribution in [3.8, 4) is 5.75 Å². The van der Waals surface area contributed by atoms with Crippen LogP contribution in [0.5, 0.6) is 5.75 Å². The van der Waals surface area contributed by atoms with Crippen LogP contribution in [0.2, 0.25) is 0 Å². The van der Waals surface area contributed by atoms with E-state index >= 15 is 0 Å². The van der Waals surface area contributed by atoms with Gasteiger partial charge < -0.3 is 9.47 Å². The van der Waals surface area contributed by atoms with E-state index in [-0.39, 0.29) is 0 Å². The van der Waals surface area contributed by atoms with Gasteiger partial charge in [0.25, 0.3) is 0 Å². The Kier molecular flexibility index (Phi) is 5.20. The number of hydrogen-bond donors (Lipinski definition) is 0. The van der Waals surface area contributed by atoms with E-state index in [1.165, 1.54) is 5.56 Å². The van der Waals surface area contributed by atoms with Crippen molar-refractivity contribution < 1.29 is 9.47 Å². The zero-order valence-corrected chi connectivity index (χ0v) is 10.9. The van der Waals surface area contributed by atoms with E-state index in [1.54, 1.807) is 6.08 Å². The number of benzene rings is 2. The van der Waals surface area contributed by atoms with Crippen LogP contribution in [0.15, 0.2) is 67.3 Å². The summed E-state index contributed by atoms with van der Waals surface area (Å²) in [5, 5.41) is 0. The lowest BCUT2D eigenvalue weighted by molar-refractivity contribution is 0.149. The number of hydrogen-bond acceptors (Lipinski definition) is 2. The lowest BCUT2D eigenvalue weighted by Gasteiger charge is -2.07. The van der Waals surface area contributed by atoms with Crippen molar-refractivity contribution in [1.29, 1.82) is 0 Å². The van der Waals surface area contributed by atoms with Gasteiger partial charge in [0.1, 0.15) is 12.4 Å². The molecular weight excluding hydrogens is 236 g/mol. The lowest BCUT2D eigenvalue weighted by atomic mass is 10.2. The van der Waals surface area contributed by atoms with Crippen molar-refractivity contribution in [2.75, 3.05) is 6.61 Å². The van der Waals surface area contributed by atoms with Crippen LogP contribution in [0.4, 0.5) is 0 Å². The first-order valence-corrected chi connectivity index (χ1v) is 6.33. The van der Waals surface area contributed by atoms with Gasteiger partial charge >= 0.3 is 0 Å². The van der Waals surface area contributed by atoms with E-state index in [2.05, 4.69) is 18.7 Å². The second-order valence-electron chi connectivity index (χ2n) is 4.22. The maximum Gasteiger partial charge on any atom is 0.119 e. The first kappa shape index (κ1) is 13.4. The molecule has 0 unspecified atom stereocenters. The maximum absolute atomic E-state index is 5.72. The van der Waals surface area contributed by atoms with Gasteiger partial charge in [0.15, 0.2) is 0 Å². The normalized spacial score (nSPS) is 10.1. The van der Waals surface area contributed by atoms with Crippen molar-refractivity contribution in [2.45, 2.75) is 13.2 Å². The summed E-state index contributed by atoms with van der Waals surface area (Å²) < 4.78 is 11.1. The molecule has 98 valence electrons. The fraction of sp³-hybridized carbons (Fsp3) is 0.176. The largest absolute Gasteiger partial charge is 0.489 e. The third-order valence-corrected chi connectivity index (χ3v) is 2.68. The molecule has 0 aliphatic carbocycles. The van der Waals surface area contributed by atoms with Crippen LogP contribution in [-0.4, -0.2) is 6.61 Å². The highest BCUT2D eigenvalue weighted by molar-refractivity contribution is 5.27. The van der Waals surface area contributed by atoms with Gasteiger partial charge in [-0.05, 0) is 23.3 Å². The zero-order chi connectivity index (χ0) is 13.3. The van der Waals surface area contributed by atoms with E-state index in [4.69, 9.17) is 9.47 Å². The molecule has 0 saturated carbocycles. The SMILES string of the molecule is C=CCOCc1ccc(OCc2ccccc2)cc1. The standard InChI is InChI=1S/C17H18O2/c1-2-12-18-13-16-8-10-17(11-9-16)19-14-15-6-4-3-5-7-15/h2-11H,1,12-14H2. The van der Waals surface area contributed by atoms with E-state index in [0.717, 1.165) is 11.3 Å². The molecule has 2 aromatic rings. The van der Waals surface area contributed by atoms with Gasteiger partial charge in [-0.3, -0.25) is 0 Å². The summed E-state index contributed by atoms with van der Waals surface area (Å²) in [5.41, 5.74) is 2.30. The van der Waals surface area contributed by atoms with E-state index < -0.39 is 0 Å². The van der Waals surface area contributed by atoms with Crippen LogP contribution in [-0.2, 0) is 18.0 Å². The molecule has 0 atom stereocenters. The summed E-state index contributed by atoms with van der Waals surface area (Å²) >= 11 is 0. The topological polar surface area (TPSA) is 18.5 Å². The Labute approximate surface area is 114 Å². The molecule has 2 nitrogen and oxygen atoms in total. The fourth-order valence-electron chi connectivity index (χ4n) is 1.68. The molecule has 0 aromatic heterocycles. The molecule has 2 heteroatoms. The van der Waals surface area contributed by atoms with Crippen LogP contribution >= 0.6 is 0 Å². The van der Waals surface area contributed by atoms with Gasteiger partial charge in [0.2, 0.25) is 0 Å². The van der Waals surface area contributed by atoms with Crippen LogP contribution in [0.1, 0.15) is 11.1 Å². The van der Waals surface area contributed by atoms with E-state index in [9.17, 15) is 0 Å². The summed E-state index contributed by atoms with van der Waals surface area (Å²) in [5.74, 6) is 0.872. The predicted octanol–water partition coefficient (Wildman–Crippen LogP) is 3.97. The Morgan fingerprint density at radius 3 is 2.21 bits per heavy atom. The van der Waals surface area contributed by atoms with Crippen molar-refractivity contribution in [3.63, 3.8) is 0 Å². The van der Waals surface area contributed by atoms with Crippen LogP contribution in [0.25, 0.3) is 0 Å². The first-order chi connectivity index (χ1) is 9.38. The van der Waals surface area contributed by atoms with Crippen LogP contribution in [0.3, 0.4) is 0 Å². The average Bonchev–Trinajstić information content (AvgIpc) is 2.48. The molecule has 0 fully saturated rings. The molecule has 0 N–H and O–H groups in total. The van der Waals surface area contributed by atoms with Crippen molar-refractivity contribution >= 4 is 0 Å². The third-order valence-electron chi connectivity index (χ3n) is 2.68. The van der Waals surface area contributed by atoms with E-state index in [0.29, 0.717) is 19.8 Å². The molecule has 0 bridgehead atoms. The molecule has 2 aromatic carbocycles. The molecule has 2 rings (SSSR count). The van der Waals surface area contributed by atoms with Crippen molar-refractivity contribution in [1.82, 2.24) is 0 Å². The average molecular weight is 254 g/mol. The summed E-state index contributed by atoms with van der Waals surface area (Å²) in [6.07, 6.45) is 1.75. The van der Waals surface area contributed by atoms with Crippen molar-refractivity contribution in [3.05, 3.63) is 78.4 Å². The summed E-state index contributed by atoms with van der Waals surface area (Å²) in [7, 11) is 0. The Morgan fingerprint density at radius 2 is 1.53 bits per heavy atom. The van der Waals surface area contributed by atoms with Gasteiger partial charge in [0.05, 0.1) is 13.2 Å². The summed E-state index contributed by atoms with van der Waals surface area (Å²) in [6.45, 7) is 5.38. The molecule has 0 radical (unpaired) electrons. The highest BCUT2D eigenvalue weighted by Crippen LogP contribution is 2.14. The highest BCUT2D eigenvalue weighted by Gasteiger charge is 1.97. The van der Waals surface area contributed by atoms with Crippen molar-refractivity contribution in [2.24, 2.45) is 0 Å². The Balaban J connectivity index is 1.83. The van der Waals surface area contributed by atoms with Gasteiger partial charge in [-0.2, -0.15) is 0 Å². The number of ether oxygens (including phenoxy) is 2. The van der Waals surface area contributed by atoms with Crippen LogP contribution < -0.4 is 4.74 Å². The van der Waals surface area contributed by atoms with Gasteiger partial charge in [-0.15, -0.1) is 6.58 Å². The molecule has 0 heterocycles. The van der Waals surface area contributed by atoms with Crippen LogP contribution in [0, 0.1) is 0 Å². The first-order valence-electron chi connectivity index (χ1n) is 6.33. The summed E-state index contributed by atoms with van der Waals surface area (Å²) in [4.78, 5) is 0. The molecule has 0 aliphatic heterocycles. The lowest BCUT2D eigenvalue weighted by Crippen LogP contribution is -1.96. The Morgan fingerprint density at radius 1 is 0.842 bits per heavy atom. The molecule has 0 saturated heterocycles. The molecule has 19 heavy (non-hydrogen) atoms. The van der Waals surface area contributed by atoms with Gasteiger partial charge in [-0.1, -0.05) is 48.5 Å². The second kappa shape index (κ2) is 7.39. The molecule has 0 aliphatic rings. The summed E-state index contributed by atoms with van der Waals surface area (Å²) in [6, 6.07) is 18.1. The minimum absolute atomic E-state index is 0.576. The molecule has 0 spiro atoms. The van der Waals surface area contributed by atoms with Gasteiger partial charge in [-0.25, -0.2) is 0 Å². The quantitative estimate of drug-likeness (QED) is 0.550. The number of rotatable bonds is 7.